The summed E-state index contributed by atoms with van der Waals surface area (Å²) >= 11 is 1.58. The van der Waals surface area contributed by atoms with Gasteiger partial charge in [-0.2, -0.15) is 0 Å². The molecule has 0 aliphatic rings. The van der Waals surface area contributed by atoms with E-state index in [9.17, 15) is 9.59 Å². The Morgan fingerprint density at radius 3 is 2.76 bits per heavy atom. The summed E-state index contributed by atoms with van der Waals surface area (Å²) in [6.07, 6.45) is 1.96. The highest BCUT2D eigenvalue weighted by Crippen LogP contribution is 2.21. The summed E-state index contributed by atoms with van der Waals surface area (Å²) < 4.78 is 1.49. The number of hydrogen-bond acceptors (Lipinski definition) is 3. The fourth-order valence-electron chi connectivity index (χ4n) is 2.24. The van der Waals surface area contributed by atoms with Crippen LogP contribution in [0.1, 0.15) is 10.4 Å². The minimum Gasteiger partial charge on any atom is -0.478 e. The molecule has 0 unspecified atom stereocenters. The third kappa shape index (κ3) is 2.34. The van der Waals surface area contributed by atoms with E-state index in [0.29, 0.717) is 16.7 Å². The lowest BCUT2D eigenvalue weighted by Crippen LogP contribution is -2.14. The lowest BCUT2D eigenvalue weighted by molar-refractivity contribution is 0.0697. The maximum absolute atomic E-state index is 12.2. The van der Waals surface area contributed by atoms with Crippen LogP contribution >= 0.6 is 11.8 Å². The van der Waals surface area contributed by atoms with E-state index in [2.05, 4.69) is 4.98 Å². The number of carboxylic acids is 1. The van der Waals surface area contributed by atoms with Crippen molar-refractivity contribution >= 4 is 28.8 Å². The molecule has 0 bridgehead atoms. The van der Waals surface area contributed by atoms with Crippen molar-refractivity contribution in [3.8, 4) is 5.69 Å². The fraction of sp³-hybridized carbons (Fsp3) is 0.0667. The predicted molar refractivity (Wildman–Crippen MR) is 82.6 cm³/mol. The number of benzene rings is 2. The van der Waals surface area contributed by atoms with Crippen LogP contribution < -0.4 is 5.69 Å². The van der Waals surface area contributed by atoms with Crippen LogP contribution in [0, 0.1) is 0 Å². The Kier molecular flexibility index (Phi) is 3.31. The SMILES string of the molecule is CSc1cccc(-n2c(=O)[nH]c3ccc(C(=O)O)cc32)c1. The summed E-state index contributed by atoms with van der Waals surface area (Å²) in [6, 6.07) is 12.1. The van der Waals surface area contributed by atoms with E-state index < -0.39 is 5.97 Å². The molecular weight excluding hydrogens is 288 g/mol. The normalized spacial score (nSPS) is 10.9. The number of fused-ring (bicyclic) bond motifs is 1. The number of nitrogens with one attached hydrogen (secondary N) is 1. The van der Waals surface area contributed by atoms with Gasteiger partial charge in [0.1, 0.15) is 0 Å². The Labute approximate surface area is 124 Å². The molecule has 6 heteroatoms. The highest BCUT2D eigenvalue weighted by Gasteiger charge is 2.12. The molecule has 0 saturated carbocycles. The number of hydrogen-bond donors (Lipinski definition) is 2. The van der Waals surface area contributed by atoms with Crippen molar-refractivity contribution in [2.75, 3.05) is 6.26 Å². The largest absolute Gasteiger partial charge is 0.478 e. The van der Waals surface area contributed by atoms with E-state index in [4.69, 9.17) is 5.11 Å². The highest BCUT2D eigenvalue weighted by atomic mass is 32.2. The molecule has 0 atom stereocenters. The number of rotatable bonds is 3. The van der Waals surface area contributed by atoms with E-state index in [1.54, 1.807) is 17.8 Å². The molecule has 0 amide bonds. The number of aromatic nitrogens is 2. The Morgan fingerprint density at radius 2 is 2.05 bits per heavy atom. The van der Waals surface area contributed by atoms with Crippen LogP contribution in [0.25, 0.3) is 16.7 Å². The highest BCUT2D eigenvalue weighted by molar-refractivity contribution is 7.98. The number of thioether (sulfide) groups is 1. The van der Waals surface area contributed by atoms with Crippen LogP contribution in [0.4, 0.5) is 0 Å². The molecule has 1 aromatic heterocycles. The maximum atomic E-state index is 12.2. The molecule has 106 valence electrons. The van der Waals surface area contributed by atoms with Gasteiger partial charge >= 0.3 is 11.7 Å². The third-order valence-electron chi connectivity index (χ3n) is 3.24. The number of aromatic amines is 1. The Bertz CT molecular complexity index is 895. The lowest BCUT2D eigenvalue weighted by Gasteiger charge is -2.05. The van der Waals surface area contributed by atoms with Gasteiger partial charge in [0.05, 0.1) is 22.3 Å². The first kappa shape index (κ1) is 13.5. The summed E-state index contributed by atoms with van der Waals surface area (Å²) in [5, 5.41) is 9.09. The molecule has 0 saturated heterocycles. The first-order valence-electron chi connectivity index (χ1n) is 6.22. The van der Waals surface area contributed by atoms with Gasteiger partial charge in [-0.15, -0.1) is 11.8 Å². The molecule has 5 nitrogen and oxygen atoms in total. The van der Waals surface area contributed by atoms with E-state index in [1.807, 2.05) is 30.5 Å². The monoisotopic (exact) mass is 300 g/mol. The van der Waals surface area contributed by atoms with Gasteiger partial charge in [-0.05, 0) is 42.7 Å². The van der Waals surface area contributed by atoms with Crippen LogP contribution in [-0.2, 0) is 0 Å². The average Bonchev–Trinajstić information content (AvgIpc) is 2.82. The van der Waals surface area contributed by atoms with Gasteiger partial charge in [0.15, 0.2) is 0 Å². The van der Waals surface area contributed by atoms with Crippen LogP contribution in [0.3, 0.4) is 0 Å². The molecule has 3 rings (SSSR count). The summed E-state index contributed by atoms with van der Waals surface area (Å²) in [6.45, 7) is 0. The molecule has 0 fully saturated rings. The molecular formula is C15H12N2O3S. The third-order valence-corrected chi connectivity index (χ3v) is 3.97. The van der Waals surface area contributed by atoms with Crippen molar-refractivity contribution in [3.63, 3.8) is 0 Å². The smallest absolute Gasteiger partial charge is 0.335 e. The van der Waals surface area contributed by atoms with Gasteiger partial charge in [-0.3, -0.25) is 4.57 Å². The van der Waals surface area contributed by atoms with Crippen LogP contribution in [0.5, 0.6) is 0 Å². The minimum atomic E-state index is -1.02. The van der Waals surface area contributed by atoms with Crippen molar-refractivity contribution in [3.05, 3.63) is 58.5 Å². The van der Waals surface area contributed by atoms with Crippen molar-refractivity contribution in [2.45, 2.75) is 4.90 Å². The van der Waals surface area contributed by atoms with Gasteiger partial charge in [-0.25, -0.2) is 9.59 Å². The average molecular weight is 300 g/mol. The second-order valence-corrected chi connectivity index (χ2v) is 5.38. The topological polar surface area (TPSA) is 75.1 Å². The standard InChI is InChI=1S/C15H12N2O3S/c1-21-11-4-2-3-10(8-11)17-13-7-9(14(18)19)5-6-12(13)16-15(17)20/h2-8H,1H3,(H,16,20)(H,18,19). The molecule has 0 aliphatic heterocycles. The fourth-order valence-corrected chi connectivity index (χ4v) is 2.70. The van der Waals surface area contributed by atoms with E-state index >= 15 is 0 Å². The molecule has 0 aliphatic carbocycles. The minimum absolute atomic E-state index is 0.149. The zero-order chi connectivity index (χ0) is 15.0. The number of H-pyrrole nitrogens is 1. The summed E-state index contributed by atoms with van der Waals surface area (Å²) in [4.78, 5) is 27.0. The Hall–Kier alpha value is -2.47. The van der Waals surface area contributed by atoms with Gasteiger partial charge in [-0.1, -0.05) is 6.07 Å². The molecule has 2 aromatic carbocycles. The number of nitrogens with zero attached hydrogens (tertiary/aromatic N) is 1. The number of imidazole rings is 1. The van der Waals surface area contributed by atoms with Gasteiger partial charge in [0.2, 0.25) is 0 Å². The summed E-state index contributed by atoms with van der Waals surface area (Å²) in [5.74, 6) is -1.02. The quantitative estimate of drug-likeness (QED) is 0.729. The summed E-state index contributed by atoms with van der Waals surface area (Å²) in [7, 11) is 0. The maximum Gasteiger partial charge on any atom is 0.335 e. The Morgan fingerprint density at radius 1 is 1.24 bits per heavy atom. The number of carbonyl (C=O) groups is 1. The predicted octanol–water partition coefficient (Wildman–Crippen LogP) is 2.74. The van der Waals surface area contributed by atoms with Gasteiger partial charge in [0.25, 0.3) is 0 Å². The number of aromatic carboxylic acids is 1. The molecule has 0 spiro atoms. The van der Waals surface area contributed by atoms with Gasteiger partial charge < -0.3 is 10.1 Å². The van der Waals surface area contributed by atoms with Crippen LogP contribution in [-0.4, -0.2) is 26.9 Å². The zero-order valence-corrected chi connectivity index (χ0v) is 12.0. The lowest BCUT2D eigenvalue weighted by atomic mass is 10.2. The van der Waals surface area contributed by atoms with Crippen LogP contribution in [0.2, 0.25) is 0 Å². The first-order chi connectivity index (χ1) is 10.1. The number of carboxylic acid groups (broad SMARTS) is 1. The first-order valence-corrected chi connectivity index (χ1v) is 7.45. The molecule has 0 radical (unpaired) electrons. The zero-order valence-electron chi connectivity index (χ0n) is 11.2. The summed E-state index contributed by atoms with van der Waals surface area (Å²) in [5.41, 5.74) is 1.74. The molecule has 2 N–H and O–H groups in total. The van der Waals surface area contributed by atoms with E-state index in [-0.39, 0.29) is 11.3 Å². The van der Waals surface area contributed by atoms with E-state index in [0.717, 1.165) is 4.90 Å². The van der Waals surface area contributed by atoms with Crippen molar-refractivity contribution in [2.24, 2.45) is 0 Å². The Balaban J connectivity index is 2.30. The van der Waals surface area contributed by atoms with E-state index in [1.165, 1.54) is 16.7 Å². The second-order valence-electron chi connectivity index (χ2n) is 4.50. The molecule has 3 aromatic rings. The molecule has 21 heavy (non-hydrogen) atoms. The van der Waals surface area contributed by atoms with Crippen LogP contribution in [0.15, 0.2) is 52.2 Å². The second kappa shape index (κ2) is 5.14. The van der Waals surface area contributed by atoms with Crippen molar-refractivity contribution in [1.82, 2.24) is 9.55 Å². The van der Waals surface area contributed by atoms with Crippen molar-refractivity contribution in [1.29, 1.82) is 0 Å². The van der Waals surface area contributed by atoms with Gasteiger partial charge in [0, 0.05) is 4.90 Å². The molecule has 1 heterocycles. The van der Waals surface area contributed by atoms with Crippen molar-refractivity contribution < 1.29 is 9.90 Å².